The lowest BCUT2D eigenvalue weighted by atomic mass is 9.95. The van der Waals surface area contributed by atoms with Gasteiger partial charge in [0.05, 0.1) is 6.20 Å². The van der Waals surface area contributed by atoms with Gasteiger partial charge in [0, 0.05) is 30.9 Å². The second kappa shape index (κ2) is 6.04. The number of aromatic nitrogens is 3. The minimum absolute atomic E-state index is 0.117. The molecule has 2 heterocycles. The first-order valence-corrected chi connectivity index (χ1v) is 6.21. The molecule has 0 aliphatic heterocycles. The Morgan fingerprint density at radius 2 is 2.09 bits per heavy atom. The highest BCUT2D eigenvalue weighted by Crippen LogP contribution is 2.30. The quantitative estimate of drug-likeness (QED) is 0.936. The molecule has 0 fully saturated rings. The van der Waals surface area contributed by atoms with Crippen LogP contribution in [0.5, 0.6) is 0 Å². The monoisotopic (exact) mass is 314 g/mol. The Hall–Kier alpha value is -2.58. The number of pyridine rings is 1. The second-order valence-corrected chi connectivity index (χ2v) is 4.60. The van der Waals surface area contributed by atoms with Crippen LogP contribution in [0.3, 0.4) is 0 Å². The van der Waals surface area contributed by atoms with Crippen LogP contribution in [0, 0.1) is 0 Å². The maximum absolute atomic E-state index is 12.5. The summed E-state index contributed by atoms with van der Waals surface area (Å²) in [6, 6.07) is 2.17. The molecular formula is C13H13F3N4O2. The lowest BCUT2D eigenvalue weighted by Gasteiger charge is -2.16. The zero-order valence-corrected chi connectivity index (χ0v) is 11.5. The van der Waals surface area contributed by atoms with E-state index in [2.05, 4.69) is 10.1 Å². The second-order valence-electron chi connectivity index (χ2n) is 4.60. The average molecular weight is 314 g/mol. The van der Waals surface area contributed by atoms with Crippen LogP contribution in [0.2, 0.25) is 0 Å². The first-order chi connectivity index (χ1) is 10.3. The van der Waals surface area contributed by atoms with Crippen molar-refractivity contribution in [2.24, 2.45) is 12.8 Å². The number of hydrogen-bond acceptors (Lipinski definition) is 4. The molecule has 1 unspecified atom stereocenters. The number of ether oxygens (including phenoxy) is 1. The molecule has 0 saturated carbocycles. The third-order valence-corrected chi connectivity index (χ3v) is 3.00. The third-order valence-electron chi connectivity index (χ3n) is 3.00. The van der Waals surface area contributed by atoms with E-state index in [1.165, 1.54) is 16.9 Å². The van der Waals surface area contributed by atoms with Gasteiger partial charge >= 0.3 is 12.3 Å². The first-order valence-electron chi connectivity index (χ1n) is 6.21. The summed E-state index contributed by atoms with van der Waals surface area (Å²) < 4.78 is 43.9. The van der Waals surface area contributed by atoms with E-state index in [1.54, 1.807) is 13.2 Å². The molecule has 0 aliphatic carbocycles. The van der Waals surface area contributed by atoms with E-state index in [0.717, 1.165) is 12.3 Å². The Bertz CT molecular complexity index is 652. The number of nitrogens with zero attached hydrogens (tertiary/aromatic N) is 3. The summed E-state index contributed by atoms with van der Waals surface area (Å²) in [5.74, 6) is -0.504. The molecule has 2 aromatic heterocycles. The molecule has 0 aromatic carbocycles. The fraction of sp³-hybridized carbons (Fsp3) is 0.308. The van der Waals surface area contributed by atoms with Gasteiger partial charge in [-0.3, -0.25) is 9.67 Å². The number of amides is 1. The lowest BCUT2D eigenvalue weighted by molar-refractivity contribution is -0.141. The van der Waals surface area contributed by atoms with Crippen molar-refractivity contribution in [1.29, 1.82) is 0 Å². The van der Waals surface area contributed by atoms with E-state index >= 15 is 0 Å². The van der Waals surface area contributed by atoms with Crippen molar-refractivity contribution in [1.82, 2.24) is 14.8 Å². The van der Waals surface area contributed by atoms with Crippen LogP contribution in [-0.4, -0.2) is 27.5 Å². The van der Waals surface area contributed by atoms with Crippen molar-refractivity contribution in [3.05, 3.63) is 47.5 Å². The minimum Gasteiger partial charge on any atom is -0.449 e. The largest absolute Gasteiger partial charge is 0.449 e. The van der Waals surface area contributed by atoms with Crippen molar-refractivity contribution in [2.75, 3.05) is 6.61 Å². The summed E-state index contributed by atoms with van der Waals surface area (Å²) in [5.41, 5.74) is 5.08. The van der Waals surface area contributed by atoms with Gasteiger partial charge in [0.15, 0.2) is 0 Å². The summed E-state index contributed by atoms with van der Waals surface area (Å²) >= 11 is 0. The summed E-state index contributed by atoms with van der Waals surface area (Å²) in [6.45, 7) is -0.117. The molecule has 0 spiro atoms. The van der Waals surface area contributed by atoms with Crippen molar-refractivity contribution >= 4 is 6.09 Å². The van der Waals surface area contributed by atoms with Crippen molar-refractivity contribution in [3.8, 4) is 0 Å². The summed E-state index contributed by atoms with van der Waals surface area (Å²) in [6.07, 6.45) is -1.16. The maximum atomic E-state index is 12.5. The predicted molar refractivity (Wildman–Crippen MR) is 69.8 cm³/mol. The third kappa shape index (κ3) is 3.74. The van der Waals surface area contributed by atoms with Gasteiger partial charge in [-0.05, 0) is 11.6 Å². The van der Waals surface area contributed by atoms with Crippen LogP contribution in [0.15, 0.2) is 30.7 Å². The SMILES string of the molecule is Cn1cc(C(COC(N)=O)c2ccc(C(F)(F)F)nc2)cn1. The van der Waals surface area contributed by atoms with E-state index in [1.807, 2.05) is 0 Å². The van der Waals surface area contributed by atoms with Crippen molar-refractivity contribution in [2.45, 2.75) is 12.1 Å². The molecule has 0 aliphatic rings. The highest BCUT2D eigenvalue weighted by atomic mass is 19.4. The molecule has 0 saturated heterocycles. The molecule has 22 heavy (non-hydrogen) atoms. The molecular weight excluding hydrogens is 301 g/mol. The number of hydrogen-bond donors (Lipinski definition) is 1. The summed E-state index contributed by atoms with van der Waals surface area (Å²) in [5, 5.41) is 3.99. The van der Waals surface area contributed by atoms with Crippen LogP contribution in [-0.2, 0) is 18.0 Å². The predicted octanol–water partition coefficient (Wildman–Crippen LogP) is 2.06. The highest BCUT2D eigenvalue weighted by molar-refractivity contribution is 5.64. The van der Waals surface area contributed by atoms with Gasteiger partial charge in [0.25, 0.3) is 0 Å². The van der Waals surface area contributed by atoms with Crippen LogP contribution < -0.4 is 5.73 Å². The van der Waals surface area contributed by atoms with Crippen molar-refractivity contribution in [3.63, 3.8) is 0 Å². The van der Waals surface area contributed by atoms with Gasteiger partial charge in [-0.1, -0.05) is 6.07 Å². The molecule has 0 radical (unpaired) electrons. The molecule has 0 bridgehead atoms. The zero-order chi connectivity index (χ0) is 16.3. The van der Waals surface area contributed by atoms with Gasteiger partial charge in [0.2, 0.25) is 0 Å². The van der Waals surface area contributed by atoms with E-state index in [0.29, 0.717) is 11.1 Å². The Morgan fingerprint density at radius 1 is 1.36 bits per heavy atom. The van der Waals surface area contributed by atoms with Crippen LogP contribution in [0.4, 0.5) is 18.0 Å². The Morgan fingerprint density at radius 3 is 2.55 bits per heavy atom. The van der Waals surface area contributed by atoms with E-state index in [-0.39, 0.29) is 6.61 Å². The smallest absolute Gasteiger partial charge is 0.433 e. The van der Waals surface area contributed by atoms with Gasteiger partial charge in [0.1, 0.15) is 12.3 Å². The fourth-order valence-corrected chi connectivity index (χ4v) is 1.95. The normalized spacial score (nSPS) is 12.9. The van der Waals surface area contributed by atoms with Gasteiger partial charge in [-0.2, -0.15) is 18.3 Å². The number of rotatable bonds is 4. The highest BCUT2D eigenvalue weighted by Gasteiger charge is 2.32. The summed E-state index contributed by atoms with van der Waals surface area (Å²) in [4.78, 5) is 14.2. The Labute approximate surface area is 123 Å². The van der Waals surface area contributed by atoms with Gasteiger partial charge in [-0.15, -0.1) is 0 Å². The first kappa shape index (κ1) is 15.8. The maximum Gasteiger partial charge on any atom is 0.433 e. The number of alkyl halides is 3. The Balaban J connectivity index is 2.30. The standard InChI is InChI=1S/C13H13F3N4O2/c1-20-6-9(5-19-20)10(7-22-12(17)21)8-2-3-11(18-4-8)13(14,15)16/h2-6,10H,7H2,1H3,(H2,17,21). The molecule has 6 nitrogen and oxygen atoms in total. The molecule has 9 heteroatoms. The lowest BCUT2D eigenvalue weighted by Crippen LogP contribution is -2.19. The fourth-order valence-electron chi connectivity index (χ4n) is 1.95. The topological polar surface area (TPSA) is 83.0 Å². The van der Waals surface area contributed by atoms with Crippen molar-refractivity contribution < 1.29 is 22.7 Å². The van der Waals surface area contributed by atoms with Crippen LogP contribution in [0.1, 0.15) is 22.7 Å². The summed E-state index contributed by atoms with van der Waals surface area (Å²) in [7, 11) is 1.69. The van der Waals surface area contributed by atoms with E-state index < -0.39 is 23.9 Å². The molecule has 2 aromatic rings. The molecule has 1 atom stereocenters. The zero-order valence-electron chi connectivity index (χ0n) is 11.5. The number of nitrogens with two attached hydrogens (primary N) is 1. The number of aryl methyl sites for hydroxylation is 1. The minimum atomic E-state index is -4.51. The number of carbonyl (C=O) groups excluding carboxylic acids is 1. The molecule has 2 N–H and O–H groups in total. The number of carbonyl (C=O) groups is 1. The number of primary amides is 1. The average Bonchev–Trinajstić information content (AvgIpc) is 2.85. The van der Waals surface area contributed by atoms with Gasteiger partial charge < -0.3 is 10.5 Å². The van der Waals surface area contributed by atoms with E-state index in [4.69, 9.17) is 10.5 Å². The van der Waals surface area contributed by atoms with Crippen LogP contribution >= 0.6 is 0 Å². The van der Waals surface area contributed by atoms with Gasteiger partial charge in [-0.25, -0.2) is 4.79 Å². The Kier molecular flexibility index (Phi) is 4.34. The molecule has 1 amide bonds. The molecule has 2 rings (SSSR count). The number of halogens is 3. The van der Waals surface area contributed by atoms with Crippen LogP contribution in [0.25, 0.3) is 0 Å². The molecule has 118 valence electrons. The van der Waals surface area contributed by atoms with E-state index in [9.17, 15) is 18.0 Å².